The van der Waals surface area contributed by atoms with Gasteiger partial charge in [0.05, 0.1) is 5.75 Å². The Morgan fingerprint density at radius 2 is 1.83 bits per heavy atom. The van der Waals surface area contributed by atoms with Crippen LogP contribution in [0.4, 0.5) is 11.4 Å². The van der Waals surface area contributed by atoms with Crippen LogP contribution in [-0.4, -0.2) is 17.6 Å². The van der Waals surface area contributed by atoms with Gasteiger partial charge in [0.2, 0.25) is 5.91 Å². The van der Waals surface area contributed by atoms with E-state index in [1.165, 1.54) is 5.56 Å². The predicted octanol–water partition coefficient (Wildman–Crippen LogP) is 5.93. The van der Waals surface area contributed by atoms with E-state index in [1.54, 1.807) is 36.0 Å². The first-order valence-electron chi connectivity index (χ1n) is 9.74. The quantitative estimate of drug-likeness (QED) is 0.539. The molecule has 0 bridgehead atoms. The van der Waals surface area contributed by atoms with Crippen molar-refractivity contribution in [1.82, 2.24) is 0 Å². The number of hydrogen-bond donors (Lipinski definition) is 1. The van der Waals surface area contributed by atoms with Crippen molar-refractivity contribution in [1.29, 1.82) is 0 Å². The van der Waals surface area contributed by atoms with Crippen molar-refractivity contribution in [2.45, 2.75) is 18.7 Å². The molecule has 1 atom stereocenters. The molecule has 1 N–H and O–H groups in total. The molecule has 0 saturated carbocycles. The van der Waals surface area contributed by atoms with Crippen LogP contribution in [0, 0.1) is 0 Å². The Balaban J connectivity index is 1.51. The maximum absolute atomic E-state index is 12.5. The molecule has 152 valence electrons. The SMILES string of the molecule is CCc1ccc(N2C(=O)CS[C@@H]2c2ccc(NC(=O)c3cccc(Cl)c3)cc2)cc1. The number of carbonyl (C=O) groups is 2. The number of nitrogens with one attached hydrogen (secondary N) is 1. The molecular formula is C24H21ClN2O2S. The Hall–Kier alpha value is -2.76. The van der Waals surface area contributed by atoms with E-state index < -0.39 is 0 Å². The number of aryl methyl sites for hydroxylation is 1. The first-order valence-corrected chi connectivity index (χ1v) is 11.2. The summed E-state index contributed by atoms with van der Waals surface area (Å²) in [6.07, 6.45) is 0.967. The van der Waals surface area contributed by atoms with Gasteiger partial charge in [-0.3, -0.25) is 14.5 Å². The maximum Gasteiger partial charge on any atom is 0.255 e. The van der Waals surface area contributed by atoms with Gasteiger partial charge in [-0.2, -0.15) is 0 Å². The molecule has 3 aromatic carbocycles. The summed E-state index contributed by atoms with van der Waals surface area (Å²) < 4.78 is 0. The van der Waals surface area contributed by atoms with Crippen LogP contribution in [-0.2, 0) is 11.2 Å². The zero-order valence-corrected chi connectivity index (χ0v) is 18.0. The molecule has 6 heteroatoms. The Kier molecular flexibility index (Phi) is 6.11. The maximum atomic E-state index is 12.5. The van der Waals surface area contributed by atoms with Gasteiger partial charge in [-0.15, -0.1) is 11.8 Å². The van der Waals surface area contributed by atoms with Crippen LogP contribution in [0.3, 0.4) is 0 Å². The molecule has 1 aliphatic rings. The highest BCUT2D eigenvalue weighted by Crippen LogP contribution is 2.42. The highest BCUT2D eigenvalue weighted by atomic mass is 35.5. The molecule has 0 unspecified atom stereocenters. The van der Waals surface area contributed by atoms with Crippen LogP contribution < -0.4 is 10.2 Å². The summed E-state index contributed by atoms with van der Waals surface area (Å²) in [5.74, 6) is 0.342. The molecule has 3 aromatic rings. The molecule has 0 radical (unpaired) electrons. The van der Waals surface area contributed by atoms with Crippen LogP contribution in [0.5, 0.6) is 0 Å². The summed E-state index contributed by atoms with van der Waals surface area (Å²) >= 11 is 7.57. The molecule has 1 heterocycles. The molecule has 30 heavy (non-hydrogen) atoms. The lowest BCUT2D eigenvalue weighted by Crippen LogP contribution is -2.27. The van der Waals surface area contributed by atoms with Crippen molar-refractivity contribution in [3.63, 3.8) is 0 Å². The van der Waals surface area contributed by atoms with Gasteiger partial charge >= 0.3 is 0 Å². The lowest BCUT2D eigenvalue weighted by molar-refractivity contribution is -0.115. The van der Waals surface area contributed by atoms with E-state index in [1.807, 2.05) is 41.3 Å². The molecule has 0 aromatic heterocycles. The Labute approximate surface area is 185 Å². The lowest BCUT2D eigenvalue weighted by Gasteiger charge is -2.24. The summed E-state index contributed by atoms with van der Waals surface area (Å²) in [6.45, 7) is 2.11. The van der Waals surface area contributed by atoms with Gasteiger partial charge in [0.25, 0.3) is 5.91 Å². The third-order valence-corrected chi connectivity index (χ3v) is 6.48. The minimum absolute atomic E-state index is 0.0809. The second-order valence-electron chi connectivity index (χ2n) is 7.03. The van der Waals surface area contributed by atoms with Crippen LogP contribution in [0.2, 0.25) is 5.02 Å². The summed E-state index contributed by atoms with van der Waals surface area (Å²) in [5, 5.41) is 3.32. The molecule has 1 saturated heterocycles. The van der Waals surface area contributed by atoms with Crippen molar-refractivity contribution in [3.05, 3.63) is 94.5 Å². The fraction of sp³-hybridized carbons (Fsp3) is 0.167. The standard InChI is InChI=1S/C24H21ClN2O2S/c1-2-16-6-12-21(13-7-16)27-22(28)15-30-24(27)17-8-10-20(11-9-17)26-23(29)18-4-3-5-19(25)14-18/h3-14,24H,2,15H2,1H3,(H,26,29)/t24-/m1/s1. The molecule has 0 spiro atoms. The van der Waals surface area contributed by atoms with Crippen molar-refractivity contribution in [2.24, 2.45) is 0 Å². The summed E-state index contributed by atoms with van der Waals surface area (Å²) in [6, 6.07) is 22.6. The van der Waals surface area contributed by atoms with Gasteiger partial charge in [0.15, 0.2) is 0 Å². The number of benzene rings is 3. The van der Waals surface area contributed by atoms with Crippen molar-refractivity contribution in [2.75, 3.05) is 16.0 Å². The normalized spacial score (nSPS) is 16.0. The zero-order chi connectivity index (χ0) is 21.1. The number of carbonyl (C=O) groups excluding carboxylic acids is 2. The van der Waals surface area contributed by atoms with Crippen LogP contribution in [0.25, 0.3) is 0 Å². The second kappa shape index (κ2) is 8.94. The summed E-state index contributed by atoms with van der Waals surface area (Å²) in [5.41, 5.74) is 4.37. The van der Waals surface area contributed by atoms with Gasteiger partial charge in [-0.05, 0) is 60.0 Å². The number of anilines is 2. The van der Waals surface area contributed by atoms with E-state index >= 15 is 0 Å². The van der Waals surface area contributed by atoms with Gasteiger partial charge in [-0.25, -0.2) is 0 Å². The van der Waals surface area contributed by atoms with Crippen molar-refractivity contribution >= 4 is 46.6 Å². The number of amides is 2. The first kappa shape index (κ1) is 20.5. The second-order valence-corrected chi connectivity index (χ2v) is 8.54. The van der Waals surface area contributed by atoms with E-state index in [4.69, 9.17) is 11.6 Å². The van der Waals surface area contributed by atoms with E-state index in [2.05, 4.69) is 24.4 Å². The van der Waals surface area contributed by atoms with E-state index in [0.717, 1.165) is 17.7 Å². The predicted molar refractivity (Wildman–Crippen MR) is 124 cm³/mol. The number of nitrogens with zero attached hydrogens (tertiary/aromatic N) is 1. The van der Waals surface area contributed by atoms with Gasteiger partial charge in [0.1, 0.15) is 5.37 Å². The average Bonchev–Trinajstić information content (AvgIpc) is 3.15. The largest absolute Gasteiger partial charge is 0.322 e. The Morgan fingerprint density at radius 3 is 2.50 bits per heavy atom. The van der Waals surface area contributed by atoms with Crippen LogP contribution in [0.1, 0.15) is 33.8 Å². The smallest absolute Gasteiger partial charge is 0.255 e. The summed E-state index contributed by atoms with van der Waals surface area (Å²) in [4.78, 5) is 26.8. The number of thioether (sulfide) groups is 1. The minimum Gasteiger partial charge on any atom is -0.322 e. The molecular weight excluding hydrogens is 416 g/mol. The third-order valence-electron chi connectivity index (χ3n) is 5.03. The molecule has 2 amide bonds. The fourth-order valence-electron chi connectivity index (χ4n) is 3.41. The highest BCUT2D eigenvalue weighted by Gasteiger charge is 2.33. The fourth-order valence-corrected chi connectivity index (χ4v) is 4.77. The summed E-state index contributed by atoms with van der Waals surface area (Å²) in [7, 11) is 0. The van der Waals surface area contributed by atoms with Crippen LogP contribution in [0.15, 0.2) is 72.8 Å². The van der Waals surface area contributed by atoms with E-state index in [9.17, 15) is 9.59 Å². The van der Waals surface area contributed by atoms with Gasteiger partial charge in [0, 0.05) is 22.0 Å². The average molecular weight is 437 g/mol. The van der Waals surface area contributed by atoms with E-state index in [0.29, 0.717) is 22.0 Å². The molecule has 4 nitrogen and oxygen atoms in total. The van der Waals surface area contributed by atoms with Crippen molar-refractivity contribution in [3.8, 4) is 0 Å². The lowest BCUT2D eigenvalue weighted by atomic mass is 10.1. The highest BCUT2D eigenvalue weighted by molar-refractivity contribution is 8.00. The third kappa shape index (κ3) is 4.37. The monoisotopic (exact) mass is 436 g/mol. The Morgan fingerprint density at radius 1 is 1.10 bits per heavy atom. The molecule has 1 fully saturated rings. The van der Waals surface area contributed by atoms with Gasteiger partial charge < -0.3 is 5.32 Å². The number of hydrogen-bond acceptors (Lipinski definition) is 3. The van der Waals surface area contributed by atoms with Gasteiger partial charge in [-0.1, -0.05) is 48.9 Å². The van der Waals surface area contributed by atoms with E-state index in [-0.39, 0.29) is 17.2 Å². The van der Waals surface area contributed by atoms with Crippen LogP contribution >= 0.6 is 23.4 Å². The van der Waals surface area contributed by atoms with Crippen molar-refractivity contribution < 1.29 is 9.59 Å². The molecule has 1 aliphatic heterocycles. The molecule has 0 aliphatic carbocycles. The molecule has 4 rings (SSSR count). The minimum atomic E-state index is -0.215. The zero-order valence-electron chi connectivity index (χ0n) is 16.5. The topological polar surface area (TPSA) is 49.4 Å². The number of halogens is 1. The Bertz CT molecular complexity index is 1070. The number of rotatable bonds is 5. The first-order chi connectivity index (χ1) is 14.5.